The highest BCUT2D eigenvalue weighted by atomic mass is 14.6. The molecule has 9 aromatic rings. The van der Waals surface area contributed by atoms with Crippen molar-refractivity contribution < 1.29 is 0 Å². The molecule has 3 heterocycles. The van der Waals surface area contributed by atoms with Crippen molar-refractivity contribution in [3.63, 3.8) is 0 Å². The van der Waals surface area contributed by atoms with Crippen LogP contribution in [0.25, 0.3) is 87.7 Å². The van der Waals surface area contributed by atoms with Crippen molar-refractivity contribution >= 4 is 43.2 Å². The fraction of sp³-hybridized carbons (Fsp3) is 0. The van der Waals surface area contributed by atoms with Gasteiger partial charge in [0.1, 0.15) is 0 Å². The third-order valence-electron chi connectivity index (χ3n) is 8.80. The van der Waals surface area contributed by atoms with Gasteiger partial charge in [-0.05, 0) is 103 Å². The van der Waals surface area contributed by atoms with E-state index in [1.807, 2.05) is 49.2 Å². The molecule has 3 heteroatoms. The Kier molecular flexibility index (Phi) is 5.50. The van der Waals surface area contributed by atoms with Crippen LogP contribution in [0.1, 0.15) is 0 Å². The molecule has 0 aliphatic rings. The van der Waals surface area contributed by atoms with E-state index in [0.29, 0.717) is 0 Å². The lowest BCUT2D eigenvalue weighted by Gasteiger charge is -2.17. The number of nitrogens with zero attached hydrogens (tertiary/aromatic N) is 3. The van der Waals surface area contributed by atoms with Gasteiger partial charge in [-0.3, -0.25) is 15.0 Å². The number of hydrogen-bond acceptors (Lipinski definition) is 3. The minimum absolute atomic E-state index is 1.01. The summed E-state index contributed by atoms with van der Waals surface area (Å²) < 4.78 is 0. The van der Waals surface area contributed by atoms with Gasteiger partial charge < -0.3 is 0 Å². The first-order chi connectivity index (χ1) is 21.8. The minimum atomic E-state index is 1.01. The second-order valence-electron chi connectivity index (χ2n) is 11.3. The van der Waals surface area contributed by atoms with E-state index in [0.717, 1.165) is 38.7 Å². The molecule has 3 aromatic heterocycles. The highest BCUT2D eigenvalue weighted by molar-refractivity contribution is 6.27. The van der Waals surface area contributed by atoms with Gasteiger partial charge >= 0.3 is 0 Å². The molecular weight excluding hydrogens is 534 g/mol. The second kappa shape index (κ2) is 9.82. The van der Waals surface area contributed by atoms with Crippen molar-refractivity contribution in [1.29, 1.82) is 0 Å². The molecule has 0 aliphatic heterocycles. The summed E-state index contributed by atoms with van der Waals surface area (Å²) in [6.07, 6.45) is 9.50. The van der Waals surface area contributed by atoms with E-state index in [9.17, 15) is 0 Å². The van der Waals surface area contributed by atoms with Crippen LogP contribution in [0.5, 0.6) is 0 Å². The van der Waals surface area contributed by atoms with Crippen molar-refractivity contribution in [2.24, 2.45) is 0 Å². The number of pyridine rings is 3. The summed E-state index contributed by atoms with van der Waals surface area (Å²) in [7, 11) is 0. The molecule has 0 saturated carbocycles. The fourth-order valence-corrected chi connectivity index (χ4v) is 6.71. The molecule has 0 fully saturated rings. The fourth-order valence-electron chi connectivity index (χ4n) is 6.71. The molecule has 0 amide bonds. The zero-order chi connectivity index (χ0) is 29.0. The Morgan fingerprint density at radius 3 is 1.55 bits per heavy atom. The van der Waals surface area contributed by atoms with Crippen LogP contribution < -0.4 is 0 Å². The summed E-state index contributed by atoms with van der Waals surface area (Å²) in [4.78, 5) is 13.6. The number of rotatable bonds is 4. The predicted octanol–water partition coefficient (Wildman–Crippen LogP) is 10.6. The van der Waals surface area contributed by atoms with Crippen LogP contribution in [0.2, 0.25) is 0 Å². The Morgan fingerprint density at radius 2 is 0.932 bits per heavy atom. The monoisotopic (exact) mass is 559 g/mol. The van der Waals surface area contributed by atoms with E-state index < -0.39 is 0 Å². The lowest BCUT2D eigenvalue weighted by Crippen LogP contribution is -1.91. The van der Waals surface area contributed by atoms with Crippen LogP contribution in [0.3, 0.4) is 0 Å². The van der Waals surface area contributed by atoms with E-state index in [1.165, 1.54) is 49.0 Å². The third kappa shape index (κ3) is 3.94. The van der Waals surface area contributed by atoms with E-state index in [1.54, 1.807) is 0 Å². The molecule has 9 rings (SSSR count). The first kappa shape index (κ1) is 24.6. The highest BCUT2D eigenvalue weighted by Gasteiger charge is 2.16. The Balaban J connectivity index is 1.30. The smallest absolute Gasteiger partial charge is 0.0702 e. The molecule has 0 radical (unpaired) electrons. The zero-order valence-electron chi connectivity index (χ0n) is 23.8. The van der Waals surface area contributed by atoms with Gasteiger partial charge in [0.25, 0.3) is 0 Å². The first-order valence-corrected chi connectivity index (χ1v) is 14.8. The molecule has 0 unspecified atom stereocenters. The lowest BCUT2D eigenvalue weighted by atomic mass is 9.86. The predicted molar refractivity (Wildman–Crippen MR) is 183 cm³/mol. The van der Waals surface area contributed by atoms with Gasteiger partial charge in [0, 0.05) is 53.1 Å². The molecule has 0 N–H and O–H groups in total. The summed E-state index contributed by atoms with van der Waals surface area (Å²) in [5.41, 5.74) is 10.2. The number of fused-ring (bicyclic) bond motifs is 1. The minimum Gasteiger partial charge on any atom is -0.264 e. The molecular formula is C41H25N3. The average Bonchev–Trinajstić information content (AvgIpc) is 3.10. The summed E-state index contributed by atoms with van der Waals surface area (Å²) in [6, 6.07) is 43.7. The van der Waals surface area contributed by atoms with Crippen molar-refractivity contribution in [2.75, 3.05) is 0 Å². The van der Waals surface area contributed by atoms with Crippen LogP contribution in [0.4, 0.5) is 0 Å². The number of hydrogen-bond donors (Lipinski definition) is 0. The summed E-state index contributed by atoms with van der Waals surface area (Å²) in [6.45, 7) is 0. The maximum Gasteiger partial charge on any atom is 0.0702 e. The Morgan fingerprint density at radius 1 is 0.364 bits per heavy atom. The molecule has 6 aromatic carbocycles. The summed E-state index contributed by atoms with van der Waals surface area (Å²) >= 11 is 0. The standard InChI is InChI=1S/C41H25N3/c1-2-8-39-28(5-1)19-34(25-44-39)36-14-10-27-11-15-37-35(13-9-26-12-16-38(36)41(27)40(26)37)33-21-31(29-6-3-17-42-23-29)20-32(22-33)30-7-4-18-43-24-30/h1-25H. The van der Waals surface area contributed by atoms with Gasteiger partial charge in [-0.25, -0.2) is 0 Å². The molecule has 0 aliphatic carbocycles. The van der Waals surface area contributed by atoms with Crippen molar-refractivity contribution in [2.45, 2.75) is 0 Å². The summed E-state index contributed by atoms with van der Waals surface area (Å²) in [5.74, 6) is 0. The van der Waals surface area contributed by atoms with E-state index in [4.69, 9.17) is 4.98 Å². The quantitative estimate of drug-likeness (QED) is 0.201. The van der Waals surface area contributed by atoms with Gasteiger partial charge in [-0.15, -0.1) is 0 Å². The van der Waals surface area contributed by atoms with E-state index >= 15 is 0 Å². The van der Waals surface area contributed by atoms with E-state index in [2.05, 4.69) is 113 Å². The van der Waals surface area contributed by atoms with Gasteiger partial charge in [0.15, 0.2) is 0 Å². The Labute approximate surface area is 254 Å². The molecule has 0 atom stereocenters. The van der Waals surface area contributed by atoms with Gasteiger partial charge in [0.2, 0.25) is 0 Å². The SMILES string of the molecule is c1cncc(-c2cc(-c3cccnc3)cc(-c3ccc4ccc5c(-c6cnc7ccccc7c6)ccc6ccc3c4c65)c2)c1. The maximum atomic E-state index is 4.78. The van der Waals surface area contributed by atoms with Gasteiger partial charge in [0.05, 0.1) is 5.52 Å². The second-order valence-corrected chi connectivity index (χ2v) is 11.3. The molecule has 204 valence electrons. The van der Waals surface area contributed by atoms with Crippen molar-refractivity contribution in [1.82, 2.24) is 15.0 Å². The molecule has 0 spiro atoms. The lowest BCUT2D eigenvalue weighted by molar-refractivity contribution is 1.32. The highest BCUT2D eigenvalue weighted by Crippen LogP contribution is 2.43. The zero-order valence-corrected chi connectivity index (χ0v) is 23.8. The molecule has 3 nitrogen and oxygen atoms in total. The number of benzene rings is 6. The first-order valence-electron chi connectivity index (χ1n) is 14.8. The topological polar surface area (TPSA) is 38.7 Å². The molecule has 0 saturated heterocycles. The van der Waals surface area contributed by atoms with Gasteiger partial charge in [-0.2, -0.15) is 0 Å². The van der Waals surface area contributed by atoms with Crippen molar-refractivity contribution in [3.8, 4) is 44.5 Å². The third-order valence-corrected chi connectivity index (χ3v) is 8.80. The number of aromatic nitrogens is 3. The molecule has 44 heavy (non-hydrogen) atoms. The Hall–Kier alpha value is -5.93. The van der Waals surface area contributed by atoms with Crippen LogP contribution in [-0.4, -0.2) is 15.0 Å². The summed E-state index contributed by atoms with van der Waals surface area (Å²) in [5, 5.41) is 8.71. The van der Waals surface area contributed by atoms with E-state index in [-0.39, 0.29) is 0 Å². The maximum absolute atomic E-state index is 4.78. The van der Waals surface area contributed by atoms with Crippen LogP contribution in [0, 0.1) is 0 Å². The van der Waals surface area contributed by atoms with Crippen molar-refractivity contribution in [3.05, 3.63) is 152 Å². The van der Waals surface area contributed by atoms with Crippen LogP contribution in [-0.2, 0) is 0 Å². The number of para-hydroxylation sites is 1. The average molecular weight is 560 g/mol. The molecule has 0 bridgehead atoms. The van der Waals surface area contributed by atoms with Crippen LogP contribution in [0.15, 0.2) is 152 Å². The Bertz CT molecular complexity index is 2430. The van der Waals surface area contributed by atoms with Gasteiger partial charge in [-0.1, -0.05) is 78.9 Å². The van der Waals surface area contributed by atoms with Crippen LogP contribution >= 0.6 is 0 Å². The largest absolute Gasteiger partial charge is 0.264 e. The normalized spacial score (nSPS) is 11.6.